The van der Waals surface area contributed by atoms with Gasteiger partial charge >= 0.3 is 0 Å². The largest absolute Gasteiger partial charge is 0.335 e. The van der Waals surface area contributed by atoms with Crippen molar-refractivity contribution < 1.29 is 8.42 Å². The Labute approximate surface area is 117 Å². The van der Waals surface area contributed by atoms with Crippen LogP contribution in [0.3, 0.4) is 0 Å². The summed E-state index contributed by atoms with van der Waals surface area (Å²) in [4.78, 5) is 4.66. The number of nitrogens with two attached hydrogens (primary N) is 1. The average Bonchev–Trinajstić information content (AvgIpc) is 2.77. The van der Waals surface area contributed by atoms with Crippen LogP contribution < -0.4 is 10.5 Å². The molecule has 7 heteroatoms. The number of primary sulfonamides is 1. The Kier molecular flexibility index (Phi) is 4.17. The van der Waals surface area contributed by atoms with Crippen LogP contribution in [0.15, 0.2) is 34.2 Å². The molecule has 0 radical (unpaired) electrons. The van der Waals surface area contributed by atoms with E-state index >= 15 is 0 Å². The number of anilines is 1. The Morgan fingerprint density at radius 3 is 2.79 bits per heavy atom. The van der Waals surface area contributed by atoms with E-state index in [2.05, 4.69) is 24.2 Å². The molecular weight excluding hydrogens is 282 g/mol. The second-order valence-corrected chi connectivity index (χ2v) is 7.32. The number of thioether (sulfide) groups is 1. The fourth-order valence-corrected chi connectivity index (χ4v) is 3.42. The Hall–Kier alpha value is -1.05. The molecule has 104 valence electrons. The Bertz CT molecular complexity index is 597. The molecule has 1 atom stereocenters. The highest BCUT2D eigenvalue weighted by Crippen LogP contribution is 2.25. The van der Waals surface area contributed by atoms with Gasteiger partial charge in [-0.15, -0.1) is 0 Å². The molecule has 0 spiro atoms. The number of rotatable bonds is 3. The second kappa shape index (κ2) is 5.52. The highest BCUT2D eigenvalue weighted by molar-refractivity contribution is 8.14. The maximum Gasteiger partial charge on any atom is 0.238 e. The van der Waals surface area contributed by atoms with E-state index in [0.717, 1.165) is 10.9 Å². The molecule has 0 amide bonds. The van der Waals surface area contributed by atoms with Crippen molar-refractivity contribution in [2.24, 2.45) is 16.0 Å². The van der Waals surface area contributed by atoms with Gasteiger partial charge in [-0.25, -0.2) is 13.6 Å². The van der Waals surface area contributed by atoms with Gasteiger partial charge in [-0.05, 0) is 24.1 Å². The van der Waals surface area contributed by atoms with Crippen molar-refractivity contribution in [1.82, 2.24) is 0 Å². The van der Waals surface area contributed by atoms with Crippen molar-refractivity contribution in [1.29, 1.82) is 0 Å². The zero-order chi connectivity index (χ0) is 14.0. The first-order valence-electron chi connectivity index (χ1n) is 5.97. The predicted molar refractivity (Wildman–Crippen MR) is 80.0 cm³/mol. The van der Waals surface area contributed by atoms with Crippen LogP contribution in [0.2, 0.25) is 0 Å². The number of aliphatic imine (C=N–C) groups is 1. The molecule has 1 aromatic carbocycles. The topological polar surface area (TPSA) is 84.5 Å². The zero-order valence-corrected chi connectivity index (χ0v) is 12.5. The lowest BCUT2D eigenvalue weighted by atomic mass is 10.1. The normalized spacial score (nSPS) is 19.6. The monoisotopic (exact) mass is 299 g/mol. The standard InChI is InChI=1S/C12H17N3O2S2/c1-8(2)11-7-18-12(15-11)14-9-4-3-5-10(6-9)19(13,16)17/h3-6,8,11H,7H2,1-2H3,(H,14,15)(H2,13,16,17). The van der Waals surface area contributed by atoms with Gasteiger partial charge in [-0.2, -0.15) is 0 Å². The first kappa shape index (κ1) is 14.4. The van der Waals surface area contributed by atoms with Gasteiger partial charge in [-0.1, -0.05) is 31.7 Å². The predicted octanol–water partition coefficient (Wildman–Crippen LogP) is 1.87. The summed E-state index contributed by atoms with van der Waals surface area (Å²) in [6.07, 6.45) is 0. The minimum atomic E-state index is -3.67. The van der Waals surface area contributed by atoms with Crippen LogP contribution in [-0.4, -0.2) is 25.4 Å². The van der Waals surface area contributed by atoms with Crippen LogP contribution in [0.1, 0.15) is 13.8 Å². The molecule has 1 aliphatic rings. The van der Waals surface area contributed by atoms with E-state index in [1.807, 2.05) is 0 Å². The molecule has 1 aliphatic heterocycles. The van der Waals surface area contributed by atoms with Gasteiger partial charge in [0, 0.05) is 11.4 Å². The van der Waals surface area contributed by atoms with E-state index < -0.39 is 10.0 Å². The van der Waals surface area contributed by atoms with Crippen LogP contribution in [0, 0.1) is 5.92 Å². The van der Waals surface area contributed by atoms with Gasteiger partial charge < -0.3 is 5.32 Å². The third-order valence-electron chi connectivity index (χ3n) is 2.86. The lowest BCUT2D eigenvalue weighted by molar-refractivity contribution is 0.543. The molecular formula is C12H17N3O2S2. The van der Waals surface area contributed by atoms with E-state index in [0.29, 0.717) is 17.6 Å². The molecule has 1 aromatic rings. The summed E-state index contributed by atoms with van der Waals surface area (Å²) in [5, 5.41) is 9.06. The lowest BCUT2D eigenvalue weighted by Gasteiger charge is -2.08. The minimum absolute atomic E-state index is 0.0986. The molecule has 0 saturated heterocycles. The van der Waals surface area contributed by atoms with Gasteiger partial charge in [-0.3, -0.25) is 4.99 Å². The SMILES string of the molecule is CC(C)C1CSC(Nc2cccc(S(N)(=O)=O)c2)=N1. The summed E-state index contributed by atoms with van der Waals surface area (Å²) < 4.78 is 22.6. The summed E-state index contributed by atoms with van der Waals surface area (Å²) in [6, 6.07) is 6.75. The third kappa shape index (κ3) is 3.71. The Balaban J connectivity index is 2.15. The molecule has 2 rings (SSSR count). The number of nitrogens with zero attached hydrogens (tertiary/aromatic N) is 1. The van der Waals surface area contributed by atoms with Gasteiger partial charge in [0.05, 0.1) is 10.9 Å². The molecule has 19 heavy (non-hydrogen) atoms. The van der Waals surface area contributed by atoms with Crippen molar-refractivity contribution in [2.45, 2.75) is 24.8 Å². The highest BCUT2D eigenvalue weighted by Gasteiger charge is 2.21. The van der Waals surface area contributed by atoms with Gasteiger partial charge in [0.1, 0.15) is 0 Å². The van der Waals surface area contributed by atoms with E-state index in [9.17, 15) is 8.42 Å². The van der Waals surface area contributed by atoms with Crippen LogP contribution in [0.4, 0.5) is 5.69 Å². The molecule has 0 bridgehead atoms. The first-order valence-corrected chi connectivity index (χ1v) is 8.50. The number of nitrogens with one attached hydrogen (secondary N) is 1. The second-order valence-electron chi connectivity index (χ2n) is 4.75. The number of benzene rings is 1. The maximum absolute atomic E-state index is 11.3. The van der Waals surface area contributed by atoms with E-state index in [1.54, 1.807) is 23.9 Å². The van der Waals surface area contributed by atoms with Crippen molar-refractivity contribution in [2.75, 3.05) is 11.1 Å². The number of hydrogen-bond donors (Lipinski definition) is 2. The fraction of sp³-hybridized carbons (Fsp3) is 0.417. The lowest BCUT2D eigenvalue weighted by Crippen LogP contribution is -2.13. The molecule has 0 aromatic heterocycles. The van der Waals surface area contributed by atoms with Crippen molar-refractivity contribution in [3.8, 4) is 0 Å². The average molecular weight is 299 g/mol. The van der Waals surface area contributed by atoms with Crippen LogP contribution in [0.5, 0.6) is 0 Å². The maximum atomic E-state index is 11.3. The number of amidine groups is 1. The number of hydrogen-bond acceptors (Lipinski definition) is 5. The van der Waals surface area contributed by atoms with E-state index in [-0.39, 0.29) is 4.90 Å². The van der Waals surface area contributed by atoms with Crippen molar-refractivity contribution in [3.05, 3.63) is 24.3 Å². The van der Waals surface area contributed by atoms with Crippen molar-refractivity contribution >= 4 is 32.6 Å². The molecule has 5 nitrogen and oxygen atoms in total. The van der Waals surface area contributed by atoms with Gasteiger partial charge in [0.25, 0.3) is 0 Å². The zero-order valence-electron chi connectivity index (χ0n) is 10.8. The molecule has 0 fully saturated rings. The van der Waals surface area contributed by atoms with Gasteiger partial charge in [0.2, 0.25) is 10.0 Å². The van der Waals surface area contributed by atoms with Crippen molar-refractivity contribution in [3.63, 3.8) is 0 Å². The fourth-order valence-electron chi connectivity index (χ4n) is 1.67. The third-order valence-corrected chi connectivity index (χ3v) is 4.76. The van der Waals surface area contributed by atoms with E-state index in [4.69, 9.17) is 5.14 Å². The highest BCUT2D eigenvalue weighted by atomic mass is 32.2. The molecule has 3 N–H and O–H groups in total. The summed E-state index contributed by atoms with van der Waals surface area (Å²) in [7, 11) is -3.67. The Morgan fingerprint density at radius 1 is 1.47 bits per heavy atom. The molecule has 1 heterocycles. The molecule has 0 aliphatic carbocycles. The molecule has 0 saturated carbocycles. The molecule has 1 unspecified atom stereocenters. The van der Waals surface area contributed by atoms with Crippen LogP contribution in [-0.2, 0) is 10.0 Å². The van der Waals surface area contributed by atoms with Gasteiger partial charge in [0.15, 0.2) is 5.17 Å². The van der Waals surface area contributed by atoms with Crippen LogP contribution in [0.25, 0.3) is 0 Å². The summed E-state index contributed by atoms with van der Waals surface area (Å²) >= 11 is 1.65. The summed E-state index contributed by atoms with van der Waals surface area (Å²) in [6.45, 7) is 4.28. The van der Waals surface area contributed by atoms with Crippen LogP contribution >= 0.6 is 11.8 Å². The smallest absolute Gasteiger partial charge is 0.238 e. The number of sulfonamides is 1. The summed E-state index contributed by atoms with van der Waals surface area (Å²) in [5.41, 5.74) is 0.683. The first-order chi connectivity index (χ1) is 8.86. The minimum Gasteiger partial charge on any atom is -0.335 e. The summed E-state index contributed by atoms with van der Waals surface area (Å²) in [5.74, 6) is 1.46. The quantitative estimate of drug-likeness (QED) is 0.892. The van der Waals surface area contributed by atoms with E-state index in [1.165, 1.54) is 12.1 Å². The Morgan fingerprint density at radius 2 is 2.21 bits per heavy atom.